The first-order valence-electron chi connectivity index (χ1n) is 6.60. The molecule has 0 saturated heterocycles. The van der Waals surface area contributed by atoms with Crippen molar-refractivity contribution < 1.29 is 9.53 Å². The molecule has 3 N–H and O–H groups in total. The molecule has 0 fully saturated rings. The van der Waals surface area contributed by atoms with Crippen molar-refractivity contribution in [3.63, 3.8) is 0 Å². The van der Waals surface area contributed by atoms with Crippen molar-refractivity contribution in [3.8, 4) is 0 Å². The van der Waals surface area contributed by atoms with Gasteiger partial charge >= 0.3 is 0 Å². The van der Waals surface area contributed by atoms with E-state index in [0.717, 1.165) is 29.8 Å². The highest BCUT2D eigenvalue weighted by Gasteiger charge is 2.17. The minimum Gasteiger partial charge on any atom is -0.383 e. The number of nitrogens with one attached hydrogen (secondary N) is 1. The summed E-state index contributed by atoms with van der Waals surface area (Å²) in [6, 6.07) is -0.628. The Hall–Kier alpha value is -1.11. The van der Waals surface area contributed by atoms with Crippen molar-refractivity contribution in [2.45, 2.75) is 39.3 Å². The van der Waals surface area contributed by atoms with Crippen LogP contribution in [0.3, 0.4) is 0 Å². The normalized spacial score (nSPS) is 11.8. The molecule has 0 saturated carbocycles. The topological polar surface area (TPSA) is 82.2 Å². The maximum atomic E-state index is 11.8. The van der Waals surface area contributed by atoms with Crippen molar-refractivity contribution in [1.82, 2.24) is 15.1 Å². The Morgan fingerprint density at radius 3 is 2.60 bits per heavy atom. The van der Waals surface area contributed by atoms with Gasteiger partial charge in [-0.1, -0.05) is 13.8 Å². The van der Waals surface area contributed by atoms with E-state index in [0.29, 0.717) is 6.54 Å². The molecule has 1 aromatic rings. The number of amides is 1. The number of hydrogen-bond donors (Lipinski definition) is 2. The smallest absolute Gasteiger partial charge is 0.239 e. The molecule has 116 valence electrons. The van der Waals surface area contributed by atoms with Crippen LogP contribution in [-0.2, 0) is 36.0 Å². The Morgan fingerprint density at radius 2 is 2.10 bits per heavy atom. The van der Waals surface area contributed by atoms with Crippen LogP contribution >= 0.6 is 12.4 Å². The molecular weight excluding hydrogens is 280 g/mol. The predicted octanol–water partition coefficient (Wildman–Crippen LogP) is 0.557. The first kappa shape index (κ1) is 18.9. The zero-order valence-electron chi connectivity index (χ0n) is 12.6. The van der Waals surface area contributed by atoms with Crippen molar-refractivity contribution in [1.29, 1.82) is 0 Å². The highest BCUT2D eigenvalue weighted by molar-refractivity contribution is 5.85. The third-order valence-electron chi connectivity index (χ3n) is 3.15. The highest BCUT2D eigenvalue weighted by Crippen LogP contribution is 2.15. The van der Waals surface area contributed by atoms with Crippen molar-refractivity contribution >= 4 is 18.3 Å². The lowest BCUT2D eigenvalue weighted by molar-refractivity contribution is -0.123. The molecule has 0 aromatic carbocycles. The van der Waals surface area contributed by atoms with Crippen LogP contribution in [-0.4, -0.2) is 35.4 Å². The maximum absolute atomic E-state index is 11.8. The number of rotatable bonds is 7. The second-order valence-corrected chi connectivity index (χ2v) is 4.48. The highest BCUT2D eigenvalue weighted by atomic mass is 35.5. The zero-order valence-corrected chi connectivity index (χ0v) is 13.4. The fourth-order valence-corrected chi connectivity index (χ4v) is 2.16. The average molecular weight is 305 g/mol. The monoisotopic (exact) mass is 304 g/mol. The van der Waals surface area contributed by atoms with Gasteiger partial charge in [0.25, 0.3) is 0 Å². The quantitative estimate of drug-likeness (QED) is 0.771. The number of aryl methyl sites for hydroxylation is 2. The number of nitrogens with two attached hydrogens (primary N) is 1. The lowest BCUT2D eigenvalue weighted by Gasteiger charge is -2.12. The van der Waals surface area contributed by atoms with Crippen LogP contribution in [0, 0.1) is 0 Å². The molecule has 1 heterocycles. The van der Waals surface area contributed by atoms with Crippen LogP contribution in [0.1, 0.15) is 30.8 Å². The molecule has 1 unspecified atom stereocenters. The fourth-order valence-electron chi connectivity index (χ4n) is 2.16. The summed E-state index contributed by atoms with van der Waals surface area (Å²) in [4.78, 5) is 11.8. The third-order valence-corrected chi connectivity index (χ3v) is 3.15. The maximum Gasteiger partial charge on any atom is 0.239 e. The minimum atomic E-state index is -0.628. The summed E-state index contributed by atoms with van der Waals surface area (Å²) in [5.41, 5.74) is 8.96. The van der Waals surface area contributed by atoms with Crippen molar-refractivity contribution in [2.75, 3.05) is 13.7 Å². The molecule has 1 rings (SSSR count). The van der Waals surface area contributed by atoms with Gasteiger partial charge in [0.1, 0.15) is 6.04 Å². The third kappa shape index (κ3) is 4.47. The van der Waals surface area contributed by atoms with Crippen LogP contribution in [0.4, 0.5) is 0 Å². The number of carbonyl (C=O) groups is 1. The number of ether oxygens (including phenoxy) is 1. The van der Waals surface area contributed by atoms with Gasteiger partial charge in [0.05, 0.1) is 12.3 Å². The van der Waals surface area contributed by atoms with Gasteiger partial charge in [-0.25, -0.2) is 0 Å². The van der Waals surface area contributed by atoms with Crippen LogP contribution < -0.4 is 11.1 Å². The van der Waals surface area contributed by atoms with Gasteiger partial charge in [0.15, 0.2) is 0 Å². The van der Waals surface area contributed by atoms with Gasteiger partial charge in [-0.3, -0.25) is 9.48 Å². The van der Waals surface area contributed by atoms with Gasteiger partial charge in [-0.2, -0.15) is 5.10 Å². The summed E-state index contributed by atoms with van der Waals surface area (Å²) in [5, 5.41) is 7.32. The summed E-state index contributed by atoms with van der Waals surface area (Å²) >= 11 is 0. The molecule has 0 radical (unpaired) electrons. The standard InChI is InChI=1S/C13H24N4O2.ClH/c1-5-11-9(12(6-2)17(3)16-11)7-15-13(18)10(14)8-19-4;/h10H,5-8,14H2,1-4H3,(H,15,18);1H. The largest absolute Gasteiger partial charge is 0.383 e. The van der Waals surface area contributed by atoms with Crippen LogP contribution in [0.2, 0.25) is 0 Å². The minimum absolute atomic E-state index is 0. The molecule has 0 aliphatic rings. The molecule has 0 bridgehead atoms. The van der Waals surface area contributed by atoms with Gasteiger partial charge in [-0.05, 0) is 12.8 Å². The summed E-state index contributed by atoms with van der Waals surface area (Å²) in [5.74, 6) is -0.199. The van der Waals surface area contributed by atoms with Crippen LogP contribution in [0.5, 0.6) is 0 Å². The predicted molar refractivity (Wildman–Crippen MR) is 80.9 cm³/mol. The van der Waals surface area contributed by atoms with Crippen LogP contribution in [0.15, 0.2) is 0 Å². The Kier molecular flexibility index (Phi) is 8.45. The molecule has 1 atom stereocenters. The fraction of sp³-hybridized carbons (Fsp3) is 0.692. The second kappa shape index (κ2) is 8.94. The first-order chi connectivity index (χ1) is 9.04. The van der Waals surface area contributed by atoms with Crippen molar-refractivity contribution in [2.24, 2.45) is 12.8 Å². The van der Waals surface area contributed by atoms with E-state index in [1.165, 1.54) is 7.11 Å². The van der Waals surface area contributed by atoms with Gasteiger partial charge in [0, 0.05) is 32.0 Å². The van der Waals surface area contributed by atoms with Gasteiger partial charge < -0.3 is 15.8 Å². The Morgan fingerprint density at radius 1 is 1.45 bits per heavy atom. The van der Waals surface area contributed by atoms with Gasteiger partial charge in [0.2, 0.25) is 5.91 Å². The number of methoxy groups -OCH3 is 1. The Labute approximate surface area is 126 Å². The molecule has 6 nitrogen and oxygen atoms in total. The van der Waals surface area contributed by atoms with Crippen LogP contribution in [0.25, 0.3) is 0 Å². The molecule has 1 amide bonds. The van der Waals surface area contributed by atoms with E-state index in [2.05, 4.69) is 24.3 Å². The molecule has 0 aliphatic heterocycles. The van der Waals surface area contributed by atoms with E-state index < -0.39 is 6.04 Å². The summed E-state index contributed by atoms with van der Waals surface area (Å²) in [7, 11) is 3.46. The lowest BCUT2D eigenvalue weighted by atomic mass is 10.1. The molecule has 0 spiro atoms. The molecule has 1 aromatic heterocycles. The number of carbonyl (C=O) groups excluding carboxylic acids is 1. The lowest BCUT2D eigenvalue weighted by Crippen LogP contribution is -2.43. The van der Waals surface area contributed by atoms with Gasteiger partial charge in [-0.15, -0.1) is 12.4 Å². The van der Waals surface area contributed by atoms with Crippen molar-refractivity contribution in [3.05, 3.63) is 17.0 Å². The Bertz CT molecular complexity index is 434. The average Bonchev–Trinajstić information content (AvgIpc) is 2.71. The molecule has 20 heavy (non-hydrogen) atoms. The second-order valence-electron chi connectivity index (χ2n) is 4.48. The molecule has 7 heteroatoms. The number of nitrogens with zero attached hydrogens (tertiary/aromatic N) is 2. The summed E-state index contributed by atoms with van der Waals surface area (Å²) in [6.45, 7) is 4.83. The number of halogens is 1. The van der Waals surface area contributed by atoms with E-state index in [1.54, 1.807) is 0 Å². The van der Waals surface area contributed by atoms with E-state index in [4.69, 9.17) is 10.5 Å². The SMILES string of the molecule is CCc1nn(C)c(CC)c1CNC(=O)C(N)COC.Cl. The number of hydrogen-bond acceptors (Lipinski definition) is 4. The summed E-state index contributed by atoms with van der Waals surface area (Å²) < 4.78 is 6.75. The van der Waals surface area contributed by atoms with E-state index >= 15 is 0 Å². The number of aromatic nitrogens is 2. The van der Waals surface area contributed by atoms with E-state index in [-0.39, 0.29) is 24.9 Å². The molecular formula is C13H25ClN4O2. The van der Waals surface area contributed by atoms with E-state index in [9.17, 15) is 4.79 Å². The Balaban J connectivity index is 0.00000361. The first-order valence-corrected chi connectivity index (χ1v) is 6.60. The summed E-state index contributed by atoms with van der Waals surface area (Å²) in [6.07, 6.45) is 1.74. The molecule has 0 aliphatic carbocycles. The van der Waals surface area contributed by atoms with E-state index in [1.807, 2.05) is 11.7 Å². The zero-order chi connectivity index (χ0) is 14.4.